The predicted molar refractivity (Wildman–Crippen MR) is 130 cm³/mol. The Morgan fingerprint density at radius 1 is 0.853 bits per heavy atom. The molecule has 11 atom stereocenters. The largest absolute Gasteiger partial charge is 0.433 e. The number of carbonyl (C=O) groups is 1. The van der Waals surface area contributed by atoms with E-state index in [9.17, 15) is 9.90 Å². The molecule has 34 heavy (non-hydrogen) atoms. The summed E-state index contributed by atoms with van der Waals surface area (Å²) in [5, 5.41) is 10.9. The molecule has 2 aliphatic heterocycles. The van der Waals surface area contributed by atoms with Gasteiger partial charge in [0.2, 0.25) is 5.79 Å². The average molecular weight is 471 g/mol. The van der Waals surface area contributed by atoms with Gasteiger partial charge < -0.3 is 14.6 Å². The van der Waals surface area contributed by atoms with Gasteiger partial charge in [0, 0.05) is 18.3 Å². The Bertz CT molecular complexity index is 959. The molecule has 0 bridgehead atoms. The van der Waals surface area contributed by atoms with Gasteiger partial charge in [-0.25, -0.2) is 0 Å². The SMILES string of the molecule is CC1CC2(C[C@@H](C)[C@]3(CC[C@@]4(C)[C@@H]5CC[C@H]6C(C)(C)[C@H](O)CC[C@@]67C[C@@]57CC[C@@]43C)O2)OC1=O. The molecule has 4 heteroatoms. The van der Waals surface area contributed by atoms with Crippen LogP contribution in [0.15, 0.2) is 0 Å². The molecule has 2 saturated heterocycles. The number of ether oxygens (including phenoxy) is 2. The van der Waals surface area contributed by atoms with Crippen molar-refractivity contribution in [1.29, 1.82) is 0 Å². The molecule has 0 radical (unpaired) electrons. The zero-order valence-electron chi connectivity index (χ0n) is 22.3. The molecule has 7 aliphatic rings. The highest BCUT2D eigenvalue weighted by Gasteiger charge is 2.84. The van der Waals surface area contributed by atoms with Gasteiger partial charge in [0.1, 0.15) is 0 Å². The first kappa shape index (κ1) is 22.6. The van der Waals surface area contributed by atoms with E-state index in [1.807, 2.05) is 6.92 Å². The van der Waals surface area contributed by atoms with Gasteiger partial charge in [-0.1, -0.05) is 41.5 Å². The normalized spacial score (nSPS) is 63.3. The van der Waals surface area contributed by atoms with Gasteiger partial charge in [-0.15, -0.1) is 0 Å². The number of carbonyl (C=O) groups excluding carboxylic acids is 1. The van der Waals surface area contributed by atoms with E-state index in [0.29, 0.717) is 22.7 Å². The molecule has 4 nitrogen and oxygen atoms in total. The molecule has 4 spiro atoms. The lowest BCUT2D eigenvalue weighted by molar-refractivity contribution is -0.269. The number of hydrogen-bond acceptors (Lipinski definition) is 4. The molecule has 5 saturated carbocycles. The molecule has 2 unspecified atom stereocenters. The first-order valence-corrected chi connectivity index (χ1v) is 14.4. The van der Waals surface area contributed by atoms with Crippen molar-refractivity contribution in [2.24, 2.45) is 50.7 Å². The summed E-state index contributed by atoms with van der Waals surface area (Å²) in [6.07, 6.45) is 12.6. The van der Waals surface area contributed by atoms with Gasteiger partial charge in [0.15, 0.2) is 0 Å². The zero-order valence-corrected chi connectivity index (χ0v) is 22.3. The minimum absolute atomic E-state index is 0.0454. The lowest BCUT2D eigenvalue weighted by Gasteiger charge is -2.64. The fourth-order valence-corrected chi connectivity index (χ4v) is 12.5. The Kier molecular flexibility index (Phi) is 4.04. The first-order valence-electron chi connectivity index (χ1n) is 14.4. The maximum Gasteiger partial charge on any atom is 0.311 e. The summed E-state index contributed by atoms with van der Waals surface area (Å²) in [6.45, 7) is 14.3. The summed E-state index contributed by atoms with van der Waals surface area (Å²) in [7, 11) is 0. The molecular weight excluding hydrogens is 424 g/mol. The second-order valence-corrected chi connectivity index (χ2v) is 15.3. The fourth-order valence-electron chi connectivity index (χ4n) is 12.5. The highest BCUT2D eigenvalue weighted by molar-refractivity contribution is 5.74. The van der Waals surface area contributed by atoms with Crippen molar-refractivity contribution in [3.63, 3.8) is 0 Å². The molecule has 190 valence electrons. The Labute approximate surface area is 205 Å². The zero-order chi connectivity index (χ0) is 24.2. The Morgan fingerprint density at radius 2 is 1.56 bits per heavy atom. The molecule has 0 aromatic heterocycles. The first-order chi connectivity index (χ1) is 15.8. The summed E-state index contributed by atoms with van der Waals surface area (Å²) in [6, 6.07) is 0. The van der Waals surface area contributed by atoms with Gasteiger partial charge in [-0.05, 0) is 97.2 Å². The van der Waals surface area contributed by atoms with Crippen LogP contribution in [0.25, 0.3) is 0 Å². The predicted octanol–water partition coefficient (Wildman–Crippen LogP) is 6.24. The molecule has 7 fully saturated rings. The lowest BCUT2D eigenvalue weighted by atomic mass is 9.41. The Morgan fingerprint density at radius 3 is 2.26 bits per heavy atom. The summed E-state index contributed by atoms with van der Waals surface area (Å²) in [5.74, 6) is 1.05. The van der Waals surface area contributed by atoms with Crippen molar-refractivity contribution in [2.45, 2.75) is 130 Å². The molecule has 0 aromatic rings. The number of aliphatic hydroxyl groups is 1. The van der Waals surface area contributed by atoms with Crippen molar-refractivity contribution in [3.8, 4) is 0 Å². The van der Waals surface area contributed by atoms with Crippen molar-refractivity contribution in [2.75, 3.05) is 0 Å². The van der Waals surface area contributed by atoms with Gasteiger partial charge in [0.25, 0.3) is 0 Å². The van der Waals surface area contributed by atoms with Crippen molar-refractivity contribution < 1.29 is 19.4 Å². The Balaban J connectivity index is 1.25. The third-order valence-corrected chi connectivity index (χ3v) is 14.3. The monoisotopic (exact) mass is 470 g/mol. The van der Waals surface area contributed by atoms with E-state index in [4.69, 9.17) is 9.47 Å². The third-order valence-electron chi connectivity index (χ3n) is 14.3. The van der Waals surface area contributed by atoms with Crippen molar-refractivity contribution in [1.82, 2.24) is 0 Å². The molecule has 0 aromatic carbocycles. The van der Waals surface area contributed by atoms with E-state index in [0.717, 1.165) is 31.6 Å². The Hall–Kier alpha value is -0.610. The number of rotatable bonds is 0. The van der Waals surface area contributed by atoms with Crippen LogP contribution < -0.4 is 0 Å². The molecule has 0 amide bonds. The van der Waals surface area contributed by atoms with E-state index in [-0.39, 0.29) is 39.8 Å². The van der Waals surface area contributed by atoms with Crippen LogP contribution in [0.4, 0.5) is 0 Å². The van der Waals surface area contributed by atoms with E-state index >= 15 is 0 Å². The van der Waals surface area contributed by atoms with Crippen molar-refractivity contribution in [3.05, 3.63) is 0 Å². The highest BCUT2D eigenvalue weighted by Crippen LogP contribution is 2.90. The standard InChI is InChI=1S/C30H46O4/c1-18-15-29(33-23(18)32)16-19(2)30(34-29)14-11-25(5)21-8-7-20-24(3,4)22(31)9-10-27(20)17-28(21,27)13-12-26(25,30)6/h18-22,31H,7-17H2,1-6H3/t18?,19-,20+,21+,22-,25+,26+,27-,28+,29?,30+/m1/s1. The average Bonchev–Trinajstić information content (AvgIpc) is 3.13. The minimum atomic E-state index is -0.679. The molecule has 1 N–H and O–H groups in total. The van der Waals surface area contributed by atoms with Gasteiger partial charge in [-0.3, -0.25) is 4.79 Å². The number of fused-ring (bicyclic) bond motifs is 3. The van der Waals surface area contributed by atoms with Crippen LogP contribution in [0.2, 0.25) is 0 Å². The highest BCUT2D eigenvalue weighted by atomic mass is 16.7. The topological polar surface area (TPSA) is 55.8 Å². The van der Waals surface area contributed by atoms with Crippen LogP contribution in [0.1, 0.15) is 112 Å². The van der Waals surface area contributed by atoms with Gasteiger partial charge >= 0.3 is 5.97 Å². The molecular formula is C30H46O4. The lowest BCUT2D eigenvalue weighted by Crippen LogP contribution is -2.61. The van der Waals surface area contributed by atoms with Gasteiger partial charge in [0.05, 0.1) is 17.6 Å². The van der Waals surface area contributed by atoms with Gasteiger partial charge in [-0.2, -0.15) is 0 Å². The number of hydrogen-bond donors (Lipinski definition) is 1. The fraction of sp³-hybridized carbons (Fsp3) is 0.967. The quantitative estimate of drug-likeness (QED) is 0.426. The van der Waals surface area contributed by atoms with Crippen LogP contribution >= 0.6 is 0 Å². The van der Waals surface area contributed by atoms with E-state index in [1.54, 1.807) is 0 Å². The molecule has 5 aliphatic carbocycles. The van der Waals surface area contributed by atoms with Crippen LogP contribution in [-0.2, 0) is 14.3 Å². The maximum atomic E-state index is 12.4. The molecule has 2 heterocycles. The van der Waals surface area contributed by atoms with Crippen LogP contribution in [-0.4, -0.2) is 28.6 Å². The number of esters is 1. The summed E-state index contributed by atoms with van der Waals surface area (Å²) in [5.41, 5.74) is 1.23. The second kappa shape index (κ2) is 6.09. The van der Waals surface area contributed by atoms with Crippen LogP contribution in [0, 0.1) is 50.7 Å². The summed E-state index contributed by atoms with van der Waals surface area (Å²) >= 11 is 0. The third kappa shape index (κ3) is 2.14. The van der Waals surface area contributed by atoms with E-state index < -0.39 is 5.79 Å². The smallest absolute Gasteiger partial charge is 0.311 e. The number of aliphatic hydroxyl groups excluding tert-OH is 1. The van der Waals surface area contributed by atoms with Crippen LogP contribution in [0.5, 0.6) is 0 Å². The van der Waals surface area contributed by atoms with Crippen LogP contribution in [0.3, 0.4) is 0 Å². The second-order valence-electron chi connectivity index (χ2n) is 15.3. The molecule has 7 rings (SSSR count). The van der Waals surface area contributed by atoms with E-state index in [2.05, 4.69) is 34.6 Å². The maximum absolute atomic E-state index is 12.4. The minimum Gasteiger partial charge on any atom is -0.433 e. The van der Waals surface area contributed by atoms with Crippen molar-refractivity contribution >= 4 is 5.97 Å². The summed E-state index contributed by atoms with van der Waals surface area (Å²) < 4.78 is 13.1. The van der Waals surface area contributed by atoms with E-state index in [1.165, 1.54) is 44.9 Å². The summed E-state index contributed by atoms with van der Waals surface area (Å²) in [4.78, 5) is 12.4.